The highest BCUT2D eigenvalue weighted by atomic mass is 32.2. The van der Waals surface area contributed by atoms with E-state index >= 15 is 0 Å². The van der Waals surface area contributed by atoms with E-state index in [0.29, 0.717) is 34.7 Å². The van der Waals surface area contributed by atoms with Gasteiger partial charge in [-0.15, -0.1) is 11.8 Å². The van der Waals surface area contributed by atoms with Crippen molar-refractivity contribution in [2.75, 3.05) is 16.8 Å². The molecule has 8 heteroatoms. The highest BCUT2D eigenvalue weighted by Gasteiger charge is 2.29. The van der Waals surface area contributed by atoms with Gasteiger partial charge in [-0.25, -0.2) is 13.4 Å². The van der Waals surface area contributed by atoms with Crippen molar-refractivity contribution in [2.24, 2.45) is 0 Å². The van der Waals surface area contributed by atoms with Gasteiger partial charge in [-0.2, -0.15) is 0 Å². The van der Waals surface area contributed by atoms with Gasteiger partial charge in [0, 0.05) is 22.8 Å². The Balaban J connectivity index is 1.54. The van der Waals surface area contributed by atoms with Gasteiger partial charge >= 0.3 is 0 Å². The molecule has 1 atom stereocenters. The minimum atomic E-state index is -2.95. The molecule has 0 radical (unpaired) electrons. The molecule has 1 unspecified atom stereocenters. The molecule has 0 spiro atoms. The van der Waals surface area contributed by atoms with Crippen molar-refractivity contribution in [1.29, 1.82) is 0 Å². The first-order valence-corrected chi connectivity index (χ1v) is 11.2. The molecule has 4 rings (SSSR count). The highest BCUT2D eigenvalue weighted by Crippen LogP contribution is 2.33. The number of hydrogen-bond acceptors (Lipinski definition) is 6. The Labute approximate surface area is 161 Å². The van der Waals surface area contributed by atoms with E-state index in [1.54, 1.807) is 37.3 Å². The number of nitrogens with one attached hydrogen (secondary N) is 1. The zero-order valence-corrected chi connectivity index (χ0v) is 16.3. The Hall–Kier alpha value is -2.32. The van der Waals surface area contributed by atoms with Gasteiger partial charge in [-0.3, -0.25) is 4.79 Å². The molecule has 1 aliphatic heterocycles. The molecule has 140 valence electrons. The predicted octanol–water partition coefficient (Wildman–Crippen LogP) is 3.67. The second-order valence-electron chi connectivity index (χ2n) is 6.51. The Kier molecular flexibility index (Phi) is 4.69. The van der Waals surface area contributed by atoms with Gasteiger partial charge in [0.05, 0.1) is 17.1 Å². The number of sulfone groups is 1. The van der Waals surface area contributed by atoms with E-state index < -0.39 is 9.84 Å². The number of amides is 1. The molecule has 27 heavy (non-hydrogen) atoms. The largest absolute Gasteiger partial charge is 0.441 e. The zero-order valence-electron chi connectivity index (χ0n) is 14.6. The van der Waals surface area contributed by atoms with Crippen LogP contribution in [0.1, 0.15) is 22.7 Å². The molecule has 2 heterocycles. The first-order valence-electron chi connectivity index (χ1n) is 8.54. The van der Waals surface area contributed by atoms with Crippen molar-refractivity contribution in [3.8, 4) is 0 Å². The van der Waals surface area contributed by atoms with Crippen LogP contribution in [0.3, 0.4) is 0 Å². The quantitative estimate of drug-likeness (QED) is 0.716. The number of rotatable bonds is 4. The fraction of sp³-hybridized carbons (Fsp3) is 0.263. The van der Waals surface area contributed by atoms with Crippen LogP contribution in [0.25, 0.3) is 11.1 Å². The SMILES string of the molecule is Cc1nc2cc(NC(=O)c3ccccc3SC3CCS(=O)(=O)C3)ccc2o1. The first-order chi connectivity index (χ1) is 12.9. The van der Waals surface area contributed by atoms with Crippen LogP contribution >= 0.6 is 11.8 Å². The lowest BCUT2D eigenvalue weighted by Crippen LogP contribution is -2.14. The zero-order chi connectivity index (χ0) is 19.0. The number of oxazole rings is 1. The summed E-state index contributed by atoms with van der Waals surface area (Å²) in [5, 5.41) is 2.87. The second kappa shape index (κ2) is 7.01. The van der Waals surface area contributed by atoms with E-state index in [2.05, 4.69) is 10.3 Å². The van der Waals surface area contributed by atoms with Crippen LogP contribution in [0.5, 0.6) is 0 Å². The topological polar surface area (TPSA) is 89.3 Å². The molecule has 1 aliphatic rings. The maximum atomic E-state index is 12.8. The van der Waals surface area contributed by atoms with Crippen molar-refractivity contribution in [2.45, 2.75) is 23.5 Å². The van der Waals surface area contributed by atoms with Crippen LogP contribution in [0.4, 0.5) is 5.69 Å². The number of aryl methyl sites for hydroxylation is 1. The van der Waals surface area contributed by atoms with Crippen molar-refractivity contribution in [3.63, 3.8) is 0 Å². The Morgan fingerprint density at radius 3 is 2.85 bits per heavy atom. The van der Waals surface area contributed by atoms with Gasteiger partial charge in [-0.1, -0.05) is 12.1 Å². The Morgan fingerprint density at radius 2 is 2.07 bits per heavy atom. The molecular weight excluding hydrogens is 384 g/mol. The van der Waals surface area contributed by atoms with Crippen LogP contribution in [-0.2, 0) is 9.84 Å². The summed E-state index contributed by atoms with van der Waals surface area (Å²) in [6, 6.07) is 12.6. The summed E-state index contributed by atoms with van der Waals surface area (Å²) in [7, 11) is -2.95. The summed E-state index contributed by atoms with van der Waals surface area (Å²) in [6.45, 7) is 1.77. The lowest BCUT2D eigenvalue weighted by Gasteiger charge is -2.12. The van der Waals surface area contributed by atoms with E-state index in [9.17, 15) is 13.2 Å². The van der Waals surface area contributed by atoms with Crippen LogP contribution in [0.2, 0.25) is 0 Å². The fourth-order valence-electron chi connectivity index (χ4n) is 3.11. The van der Waals surface area contributed by atoms with Crippen LogP contribution < -0.4 is 5.32 Å². The van der Waals surface area contributed by atoms with Crippen molar-refractivity contribution in [3.05, 3.63) is 53.9 Å². The number of hydrogen-bond donors (Lipinski definition) is 1. The minimum Gasteiger partial charge on any atom is -0.441 e. The number of carbonyl (C=O) groups is 1. The maximum absolute atomic E-state index is 12.8. The maximum Gasteiger partial charge on any atom is 0.256 e. The molecular formula is C19H18N2O4S2. The number of fused-ring (bicyclic) bond motifs is 1. The van der Waals surface area contributed by atoms with E-state index in [-0.39, 0.29) is 22.7 Å². The third kappa shape index (κ3) is 4.01. The summed E-state index contributed by atoms with van der Waals surface area (Å²) >= 11 is 1.46. The molecule has 1 saturated heterocycles. The smallest absolute Gasteiger partial charge is 0.256 e. The average molecular weight is 402 g/mol. The molecule has 3 aromatic rings. The fourth-order valence-corrected chi connectivity index (χ4v) is 6.74. The summed E-state index contributed by atoms with van der Waals surface area (Å²) in [6.07, 6.45) is 0.616. The van der Waals surface area contributed by atoms with Gasteiger partial charge in [0.25, 0.3) is 5.91 Å². The third-order valence-corrected chi connectivity index (χ3v) is 7.69. The van der Waals surface area contributed by atoms with E-state index in [0.717, 1.165) is 4.90 Å². The molecule has 1 amide bonds. The number of nitrogens with zero attached hydrogens (tertiary/aromatic N) is 1. The molecule has 0 saturated carbocycles. The minimum absolute atomic E-state index is 0.0154. The first kappa shape index (κ1) is 18.1. The van der Waals surface area contributed by atoms with Gasteiger partial charge in [-0.05, 0) is 36.8 Å². The number of thioether (sulfide) groups is 1. The molecule has 0 bridgehead atoms. The van der Waals surface area contributed by atoms with Gasteiger partial charge in [0.15, 0.2) is 21.3 Å². The summed E-state index contributed by atoms with van der Waals surface area (Å²) in [5.41, 5.74) is 2.51. The third-order valence-electron chi connectivity index (χ3n) is 4.37. The number of benzene rings is 2. The van der Waals surface area contributed by atoms with Crippen molar-refractivity contribution < 1.29 is 17.6 Å². The van der Waals surface area contributed by atoms with E-state index in [1.807, 2.05) is 12.1 Å². The number of aromatic nitrogens is 1. The lowest BCUT2D eigenvalue weighted by molar-refractivity contribution is 0.102. The number of anilines is 1. The Bertz CT molecular complexity index is 1120. The van der Waals surface area contributed by atoms with Crippen molar-refractivity contribution >= 4 is 44.3 Å². The highest BCUT2D eigenvalue weighted by molar-refractivity contribution is 8.02. The lowest BCUT2D eigenvalue weighted by atomic mass is 10.2. The molecule has 2 aromatic carbocycles. The van der Waals surface area contributed by atoms with E-state index in [1.165, 1.54) is 11.8 Å². The van der Waals surface area contributed by atoms with Gasteiger partial charge < -0.3 is 9.73 Å². The summed E-state index contributed by atoms with van der Waals surface area (Å²) < 4.78 is 28.8. The standard InChI is InChI=1S/C19H18N2O4S2/c1-12-20-16-10-13(6-7-17(16)25-12)21-19(22)15-4-2-3-5-18(15)26-14-8-9-27(23,24)11-14/h2-7,10,14H,8-9,11H2,1H3,(H,21,22). The van der Waals surface area contributed by atoms with Crippen molar-refractivity contribution in [1.82, 2.24) is 4.98 Å². The van der Waals surface area contributed by atoms with Gasteiger partial charge in [0.2, 0.25) is 0 Å². The molecule has 1 N–H and O–H groups in total. The summed E-state index contributed by atoms with van der Waals surface area (Å²) in [4.78, 5) is 17.9. The van der Waals surface area contributed by atoms with Crippen LogP contribution in [0, 0.1) is 6.92 Å². The Morgan fingerprint density at radius 1 is 1.26 bits per heavy atom. The molecule has 6 nitrogen and oxygen atoms in total. The predicted molar refractivity (Wildman–Crippen MR) is 106 cm³/mol. The monoisotopic (exact) mass is 402 g/mol. The number of carbonyl (C=O) groups excluding carboxylic acids is 1. The molecule has 0 aliphatic carbocycles. The van der Waals surface area contributed by atoms with E-state index in [4.69, 9.17) is 4.42 Å². The van der Waals surface area contributed by atoms with Crippen LogP contribution in [-0.4, -0.2) is 36.1 Å². The normalized spacial score (nSPS) is 18.6. The average Bonchev–Trinajstić information content (AvgIpc) is 3.15. The van der Waals surface area contributed by atoms with Crippen LogP contribution in [0.15, 0.2) is 51.8 Å². The van der Waals surface area contributed by atoms with Gasteiger partial charge in [0.1, 0.15) is 5.52 Å². The molecule has 1 aromatic heterocycles. The molecule has 1 fully saturated rings. The second-order valence-corrected chi connectivity index (χ2v) is 10.1. The summed E-state index contributed by atoms with van der Waals surface area (Å²) in [5.74, 6) is 0.714.